The number of alkyl halides is 2. The van der Waals surface area contributed by atoms with Crippen LogP contribution in [0.1, 0.15) is 12.8 Å². The van der Waals surface area contributed by atoms with Crippen LogP contribution in [0.4, 0.5) is 8.78 Å². The lowest BCUT2D eigenvalue weighted by Gasteiger charge is -2.19. The van der Waals surface area contributed by atoms with E-state index in [4.69, 9.17) is 11.5 Å². The summed E-state index contributed by atoms with van der Waals surface area (Å²) in [7, 11) is 0. The zero-order valence-corrected chi connectivity index (χ0v) is 8.73. The summed E-state index contributed by atoms with van der Waals surface area (Å²) in [5, 5.41) is 0. The second-order valence-electron chi connectivity index (χ2n) is 3.89. The maximum absolute atomic E-state index is 12.8. The van der Waals surface area contributed by atoms with Gasteiger partial charge in [-0.05, 0) is 6.42 Å². The van der Waals surface area contributed by atoms with Gasteiger partial charge in [-0.15, -0.1) is 0 Å². The number of likely N-dealkylation sites (tertiary alicyclic amines) is 1. The van der Waals surface area contributed by atoms with E-state index in [1.807, 2.05) is 0 Å². The number of hydrogen-bond acceptors (Lipinski definition) is 3. The first-order valence-corrected chi connectivity index (χ1v) is 5.02. The van der Waals surface area contributed by atoms with Crippen molar-refractivity contribution in [2.24, 2.45) is 11.5 Å². The minimum Gasteiger partial charge on any atom is -0.370 e. The van der Waals surface area contributed by atoms with Crippen molar-refractivity contribution in [2.75, 3.05) is 13.1 Å². The van der Waals surface area contributed by atoms with Crippen molar-refractivity contribution in [3.05, 3.63) is 0 Å². The maximum atomic E-state index is 12.8. The van der Waals surface area contributed by atoms with Crippen molar-refractivity contribution >= 4 is 11.8 Å². The molecule has 0 aromatic heterocycles. The monoisotopic (exact) mass is 235 g/mol. The van der Waals surface area contributed by atoms with E-state index < -0.39 is 30.2 Å². The van der Waals surface area contributed by atoms with Gasteiger partial charge in [0.15, 0.2) is 12.3 Å². The van der Waals surface area contributed by atoms with Gasteiger partial charge in [-0.25, -0.2) is 8.78 Å². The molecule has 0 bridgehead atoms. The summed E-state index contributed by atoms with van der Waals surface area (Å²) in [6.07, 6.45) is -3.21. The van der Waals surface area contributed by atoms with E-state index in [9.17, 15) is 18.4 Å². The molecular formula is C9H15F2N3O2. The van der Waals surface area contributed by atoms with Gasteiger partial charge < -0.3 is 16.4 Å². The van der Waals surface area contributed by atoms with Gasteiger partial charge in [-0.2, -0.15) is 0 Å². The molecule has 0 aromatic rings. The highest BCUT2D eigenvalue weighted by molar-refractivity contribution is 5.83. The van der Waals surface area contributed by atoms with Crippen LogP contribution in [0.3, 0.4) is 0 Å². The van der Waals surface area contributed by atoms with Crippen LogP contribution in [0.25, 0.3) is 0 Å². The van der Waals surface area contributed by atoms with E-state index in [0.29, 0.717) is 0 Å². The minimum absolute atomic E-state index is 0.0150. The molecule has 0 saturated carbocycles. The maximum Gasteiger partial charge on any atom is 0.239 e. The molecule has 1 fully saturated rings. The molecule has 1 heterocycles. The third-order valence-electron chi connectivity index (χ3n) is 2.51. The van der Waals surface area contributed by atoms with Gasteiger partial charge in [0.1, 0.15) is 0 Å². The third-order valence-corrected chi connectivity index (χ3v) is 2.51. The fourth-order valence-corrected chi connectivity index (χ4v) is 1.56. The molecule has 3 atom stereocenters. The standard InChI is InChI=1S/C9H15F2N3O2/c10-5-3-14(4-6(5)11)9(16)7(12)1-2-8(13)15/h5-7H,1-4,12H2,(H2,13,15)/t5-,6-,7-/m0/s1. The van der Waals surface area contributed by atoms with Crippen LogP contribution >= 0.6 is 0 Å². The molecule has 92 valence electrons. The highest BCUT2D eigenvalue weighted by atomic mass is 19.2. The Labute approximate surface area is 91.7 Å². The van der Waals surface area contributed by atoms with Gasteiger partial charge in [0.05, 0.1) is 19.1 Å². The van der Waals surface area contributed by atoms with E-state index in [2.05, 4.69) is 0 Å². The first-order valence-electron chi connectivity index (χ1n) is 5.02. The zero-order valence-electron chi connectivity index (χ0n) is 8.73. The van der Waals surface area contributed by atoms with Gasteiger partial charge >= 0.3 is 0 Å². The van der Waals surface area contributed by atoms with Crippen LogP contribution in [-0.2, 0) is 9.59 Å². The summed E-state index contributed by atoms with van der Waals surface area (Å²) < 4.78 is 25.6. The summed E-state index contributed by atoms with van der Waals surface area (Å²) in [6.45, 7) is -0.547. The van der Waals surface area contributed by atoms with E-state index in [1.165, 1.54) is 0 Å². The Balaban J connectivity index is 2.42. The van der Waals surface area contributed by atoms with E-state index in [0.717, 1.165) is 4.90 Å². The van der Waals surface area contributed by atoms with Crippen molar-refractivity contribution in [1.82, 2.24) is 4.90 Å². The number of carbonyl (C=O) groups excluding carboxylic acids is 2. The van der Waals surface area contributed by atoms with Gasteiger partial charge in [0, 0.05) is 6.42 Å². The van der Waals surface area contributed by atoms with Gasteiger partial charge in [0.2, 0.25) is 11.8 Å². The predicted octanol–water partition coefficient (Wildman–Crippen LogP) is -0.902. The van der Waals surface area contributed by atoms with Gasteiger partial charge in [0.25, 0.3) is 0 Å². The molecule has 0 aromatic carbocycles. The second-order valence-corrected chi connectivity index (χ2v) is 3.89. The fraction of sp³-hybridized carbons (Fsp3) is 0.778. The molecule has 16 heavy (non-hydrogen) atoms. The van der Waals surface area contributed by atoms with Gasteiger partial charge in [-0.3, -0.25) is 9.59 Å². The first kappa shape index (κ1) is 12.8. The van der Waals surface area contributed by atoms with Crippen LogP contribution < -0.4 is 11.5 Å². The molecule has 7 heteroatoms. The third kappa shape index (κ3) is 3.13. The van der Waals surface area contributed by atoms with Crippen molar-refractivity contribution in [2.45, 2.75) is 31.2 Å². The largest absolute Gasteiger partial charge is 0.370 e. The average Bonchev–Trinajstić information content (AvgIpc) is 2.54. The summed E-state index contributed by atoms with van der Waals surface area (Å²) >= 11 is 0. The summed E-state index contributed by atoms with van der Waals surface area (Å²) in [5.41, 5.74) is 10.4. The van der Waals surface area contributed by atoms with Crippen LogP contribution in [0.5, 0.6) is 0 Å². The number of nitrogens with zero attached hydrogens (tertiary/aromatic N) is 1. The van der Waals surface area contributed by atoms with E-state index in [1.54, 1.807) is 0 Å². The lowest BCUT2D eigenvalue weighted by molar-refractivity contribution is -0.132. The number of hydrogen-bond donors (Lipinski definition) is 2. The fourth-order valence-electron chi connectivity index (χ4n) is 1.56. The number of primary amides is 1. The quantitative estimate of drug-likeness (QED) is 0.661. The lowest BCUT2D eigenvalue weighted by atomic mass is 10.1. The molecule has 0 spiro atoms. The highest BCUT2D eigenvalue weighted by Crippen LogP contribution is 2.17. The predicted molar refractivity (Wildman–Crippen MR) is 52.8 cm³/mol. The Morgan fingerprint density at radius 2 is 1.81 bits per heavy atom. The molecule has 0 radical (unpaired) electrons. The summed E-state index contributed by atoms with van der Waals surface area (Å²) in [5.74, 6) is -1.10. The average molecular weight is 235 g/mol. The SMILES string of the molecule is NC(=O)CC[C@H](N)C(=O)N1C[C@H](F)[C@@H](F)C1. The Morgan fingerprint density at radius 1 is 1.31 bits per heavy atom. The molecular weight excluding hydrogens is 220 g/mol. The second kappa shape index (κ2) is 5.20. The Kier molecular flexibility index (Phi) is 4.17. The van der Waals surface area contributed by atoms with Crippen LogP contribution in [0, 0.1) is 0 Å². The van der Waals surface area contributed by atoms with Gasteiger partial charge in [-0.1, -0.05) is 0 Å². The van der Waals surface area contributed by atoms with Crippen molar-refractivity contribution in [1.29, 1.82) is 0 Å². The summed E-state index contributed by atoms with van der Waals surface area (Å²) in [6, 6.07) is -0.926. The molecule has 1 rings (SSSR count). The molecule has 1 aliphatic rings. The Hall–Kier alpha value is -1.24. The number of nitrogens with two attached hydrogens (primary N) is 2. The Morgan fingerprint density at radius 3 is 2.25 bits per heavy atom. The van der Waals surface area contributed by atoms with Crippen molar-refractivity contribution in [3.8, 4) is 0 Å². The normalized spacial score (nSPS) is 26.8. The number of carbonyl (C=O) groups is 2. The number of halogens is 2. The van der Waals surface area contributed by atoms with Crippen LogP contribution in [0.15, 0.2) is 0 Å². The lowest BCUT2D eigenvalue weighted by Crippen LogP contribution is -2.43. The number of rotatable bonds is 4. The number of amides is 2. The topological polar surface area (TPSA) is 89.4 Å². The molecule has 0 unspecified atom stereocenters. The van der Waals surface area contributed by atoms with Crippen LogP contribution in [0.2, 0.25) is 0 Å². The molecule has 0 aliphatic carbocycles. The van der Waals surface area contributed by atoms with Crippen molar-refractivity contribution < 1.29 is 18.4 Å². The minimum atomic E-state index is -1.65. The molecule has 5 nitrogen and oxygen atoms in total. The smallest absolute Gasteiger partial charge is 0.239 e. The van der Waals surface area contributed by atoms with E-state index >= 15 is 0 Å². The zero-order chi connectivity index (χ0) is 12.3. The van der Waals surface area contributed by atoms with E-state index in [-0.39, 0.29) is 25.9 Å². The molecule has 2 amide bonds. The molecule has 1 aliphatic heterocycles. The van der Waals surface area contributed by atoms with Crippen molar-refractivity contribution in [3.63, 3.8) is 0 Å². The first-order chi connectivity index (χ1) is 7.41. The molecule has 4 N–H and O–H groups in total. The Bertz CT molecular complexity index is 278. The van der Waals surface area contributed by atoms with Crippen LogP contribution in [-0.4, -0.2) is 48.2 Å². The summed E-state index contributed by atoms with van der Waals surface area (Å²) in [4.78, 5) is 23.1. The molecule has 1 saturated heterocycles. The highest BCUT2D eigenvalue weighted by Gasteiger charge is 2.36.